The third-order valence-electron chi connectivity index (χ3n) is 2.38. The van der Waals surface area contributed by atoms with Crippen LogP contribution in [0, 0.1) is 5.82 Å². The van der Waals surface area contributed by atoms with E-state index in [-0.39, 0.29) is 11.6 Å². The molecule has 0 aliphatic carbocycles. The minimum Gasteiger partial charge on any atom is -0.397 e. The number of benzene rings is 1. The van der Waals surface area contributed by atoms with E-state index in [1.54, 1.807) is 0 Å². The fourth-order valence-electron chi connectivity index (χ4n) is 1.54. The third kappa shape index (κ3) is 3.00. The highest BCUT2D eigenvalue weighted by Gasteiger charge is 2.11. The summed E-state index contributed by atoms with van der Waals surface area (Å²) in [6.07, 6.45) is 0.623. The van der Waals surface area contributed by atoms with E-state index in [0.717, 1.165) is 0 Å². The number of nitrogens with zero attached hydrogens (tertiary/aromatic N) is 1. The van der Waals surface area contributed by atoms with Crippen LogP contribution >= 0.6 is 11.6 Å². The Bertz CT molecular complexity index is 360. The highest BCUT2D eigenvalue weighted by atomic mass is 35.5. The van der Waals surface area contributed by atoms with E-state index in [2.05, 4.69) is 0 Å². The number of nitrogens with two attached hydrogens (primary N) is 1. The fraction of sp³-hybridized carbons (Fsp3) is 0.455. The summed E-state index contributed by atoms with van der Waals surface area (Å²) >= 11 is 5.62. The highest BCUT2D eigenvalue weighted by molar-refractivity contribution is 6.31. The molecule has 5 heteroatoms. The Morgan fingerprint density at radius 3 is 2.75 bits per heavy atom. The van der Waals surface area contributed by atoms with Gasteiger partial charge in [0.05, 0.1) is 16.4 Å². The second-order valence-corrected chi connectivity index (χ2v) is 3.89. The van der Waals surface area contributed by atoms with E-state index in [1.165, 1.54) is 12.1 Å². The van der Waals surface area contributed by atoms with E-state index >= 15 is 0 Å². The predicted octanol–water partition coefficient (Wildman–Crippen LogP) is 2.27. The van der Waals surface area contributed by atoms with Gasteiger partial charge in [0.15, 0.2) is 0 Å². The maximum absolute atomic E-state index is 13.3. The van der Waals surface area contributed by atoms with Crippen molar-refractivity contribution in [1.29, 1.82) is 0 Å². The summed E-state index contributed by atoms with van der Waals surface area (Å²) < 4.78 is 13.3. The first kappa shape index (κ1) is 13.1. The summed E-state index contributed by atoms with van der Waals surface area (Å²) in [5, 5.41) is 8.80. The molecule has 0 saturated carbocycles. The molecule has 0 heterocycles. The summed E-state index contributed by atoms with van der Waals surface area (Å²) in [4.78, 5) is 1.91. The number of nitrogen functional groups attached to an aromatic ring is 1. The Morgan fingerprint density at radius 2 is 2.19 bits per heavy atom. The Morgan fingerprint density at radius 1 is 1.50 bits per heavy atom. The summed E-state index contributed by atoms with van der Waals surface area (Å²) in [7, 11) is 0. The van der Waals surface area contributed by atoms with Crippen molar-refractivity contribution in [1.82, 2.24) is 0 Å². The molecule has 0 aromatic heterocycles. The molecule has 0 radical (unpaired) electrons. The lowest BCUT2D eigenvalue weighted by molar-refractivity contribution is 0.289. The SMILES string of the molecule is CCN(CCCO)c1cc(F)c(Cl)cc1N. The molecule has 0 amide bonds. The molecule has 0 aliphatic rings. The smallest absolute Gasteiger partial charge is 0.144 e. The van der Waals surface area contributed by atoms with Crippen LogP contribution in [0.4, 0.5) is 15.8 Å². The van der Waals surface area contributed by atoms with Crippen molar-refractivity contribution in [3.05, 3.63) is 23.0 Å². The largest absolute Gasteiger partial charge is 0.397 e. The van der Waals surface area contributed by atoms with Crippen LogP contribution in [0.3, 0.4) is 0 Å². The van der Waals surface area contributed by atoms with Crippen LogP contribution in [-0.4, -0.2) is 24.8 Å². The normalized spacial score (nSPS) is 10.5. The van der Waals surface area contributed by atoms with Crippen molar-refractivity contribution in [2.24, 2.45) is 0 Å². The molecular formula is C11H16ClFN2O. The third-order valence-corrected chi connectivity index (χ3v) is 2.67. The second-order valence-electron chi connectivity index (χ2n) is 3.48. The van der Waals surface area contributed by atoms with Crippen molar-refractivity contribution in [2.75, 3.05) is 30.3 Å². The maximum atomic E-state index is 13.3. The van der Waals surface area contributed by atoms with Gasteiger partial charge in [-0.2, -0.15) is 0 Å². The molecule has 1 aromatic rings. The Balaban J connectivity index is 2.95. The standard InChI is InChI=1S/C11H16ClFN2O/c1-2-15(4-3-5-16)11-7-9(13)8(12)6-10(11)14/h6-7,16H,2-5,14H2,1H3. The number of rotatable bonds is 5. The molecule has 16 heavy (non-hydrogen) atoms. The monoisotopic (exact) mass is 246 g/mol. The molecule has 0 fully saturated rings. The van der Waals surface area contributed by atoms with Gasteiger partial charge in [-0.05, 0) is 19.4 Å². The summed E-state index contributed by atoms with van der Waals surface area (Å²) in [6.45, 7) is 3.39. The first-order chi connectivity index (χ1) is 7.60. The summed E-state index contributed by atoms with van der Waals surface area (Å²) in [6, 6.07) is 2.74. The maximum Gasteiger partial charge on any atom is 0.144 e. The molecule has 0 atom stereocenters. The quantitative estimate of drug-likeness (QED) is 0.784. The van der Waals surface area contributed by atoms with Crippen LogP contribution in [-0.2, 0) is 0 Å². The average Bonchev–Trinajstić information content (AvgIpc) is 2.26. The van der Waals surface area contributed by atoms with Crippen LogP contribution in [0.2, 0.25) is 5.02 Å². The van der Waals surface area contributed by atoms with Crippen LogP contribution in [0.5, 0.6) is 0 Å². The Labute approximate surface area is 99.6 Å². The first-order valence-electron chi connectivity index (χ1n) is 5.20. The number of anilines is 2. The zero-order valence-electron chi connectivity index (χ0n) is 9.21. The molecule has 0 saturated heterocycles. The number of halogens is 2. The van der Waals surface area contributed by atoms with E-state index < -0.39 is 5.82 Å². The van der Waals surface area contributed by atoms with Crippen LogP contribution in [0.15, 0.2) is 12.1 Å². The molecule has 1 rings (SSSR count). The second kappa shape index (κ2) is 5.92. The van der Waals surface area contributed by atoms with Crippen molar-refractivity contribution in [3.63, 3.8) is 0 Å². The van der Waals surface area contributed by atoms with Gasteiger partial charge in [0.1, 0.15) is 5.82 Å². The lowest BCUT2D eigenvalue weighted by Crippen LogP contribution is -2.25. The van der Waals surface area contributed by atoms with Crippen molar-refractivity contribution >= 4 is 23.0 Å². The molecule has 90 valence electrons. The van der Waals surface area contributed by atoms with Crippen LogP contribution < -0.4 is 10.6 Å². The number of hydrogen-bond donors (Lipinski definition) is 2. The molecule has 0 bridgehead atoms. The summed E-state index contributed by atoms with van der Waals surface area (Å²) in [5.41, 5.74) is 6.86. The van der Waals surface area contributed by atoms with Gasteiger partial charge in [-0.3, -0.25) is 0 Å². The zero-order chi connectivity index (χ0) is 12.1. The lowest BCUT2D eigenvalue weighted by Gasteiger charge is -2.24. The average molecular weight is 247 g/mol. The topological polar surface area (TPSA) is 49.5 Å². The first-order valence-corrected chi connectivity index (χ1v) is 5.58. The van der Waals surface area contributed by atoms with Crippen LogP contribution in [0.25, 0.3) is 0 Å². The van der Waals surface area contributed by atoms with Crippen molar-refractivity contribution in [3.8, 4) is 0 Å². The molecule has 0 unspecified atom stereocenters. The molecule has 3 nitrogen and oxygen atoms in total. The van der Waals surface area contributed by atoms with Gasteiger partial charge in [0.25, 0.3) is 0 Å². The molecule has 1 aromatic carbocycles. The van der Waals surface area contributed by atoms with Gasteiger partial charge in [-0.15, -0.1) is 0 Å². The number of hydrogen-bond acceptors (Lipinski definition) is 3. The molecular weight excluding hydrogens is 231 g/mol. The number of aliphatic hydroxyl groups is 1. The molecule has 0 aliphatic heterocycles. The van der Waals surface area contributed by atoms with Crippen molar-refractivity contribution < 1.29 is 9.50 Å². The van der Waals surface area contributed by atoms with Gasteiger partial charge in [0, 0.05) is 25.8 Å². The van der Waals surface area contributed by atoms with E-state index in [9.17, 15) is 4.39 Å². The van der Waals surface area contributed by atoms with Crippen molar-refractivity contribution in [2.45, 2.75) is 13.3 Å². The van der Waals surface area contributed by atoms with Gasteiger partial charge >= 0.3 is 0 Å². The Kier molecular flexibility index (Phi) is 4.83. The zero-order valence-corrected chi connectivity index (χ0v) is 9.97. The Hall–Kier alpha value is -1.00. The predicted molar refractivity (Wildman–Crippen MR) is 65.4 cm³/mol. The van der Waals surface area contributed by atoms with E-state index in [4.69, 9.17) is 22.4 Å². The van der Waals surface area contributed by atoms with Gasteiger partial charge in [-0.1, -0.05) is 11.6 Å². The lowest BCUT2D eigenvalue weighted by atomic mass is 10.2. The minimum absolute atomic E-state index is 0.0273. The van der Waals surface area contributed by atoms with Gasteiger partial charge in [-0.25, -0.2) is 4.39 Å². The molecule has 3 N–H and O–H groups in total. The number of aliphatic hydroxyl groups excluding tert-OH is 1. The van der Waals surface area contributed by atoms with Crippen LogP contribution in [0.1, 0.15) is 13.3 Å². The minimum atomic E-state index is -0.478. The van der Waals surface area contributed by atoms with E-state index in [0.29, 0.717) is 30.9 Å². The van der Waals surface area contributed by atoms with Gasteiger partial charge in [0.2, 0.25) is 0 Å². The van der Waals surface area contributed by atoms with E-state index in [1.807, 2.05) is 11.8 Å². The summed E-state index contributed by atoms with van der Waals surface area (Å²) in [5.74, 6) is -0.478. The van der Waals surface area contributed by atoms with Gasteiger partial charge < -0.3 is 15.7 Å². The highest BCUT2D eigenvalue weighted by Crippen LogP contribution is 2.29. The fourth-order valence-corrected chi connectivity index (χ4v) is 1.71. The molecule has 0 spiro atoms.